The molecule has 0 radical (unpaired) electrons. The molecule has 1 aromatic heterocycles. The summed E-state index contributed by atoms with van der Waals surface area (Å²) < 4.78 is 8.34. The molecule has 0 saturated heterocycles. The van der Waals surface area contributed by atoms with Gasteiger partial charge >= 0.3 is 0 Å². The Balaban J connectivity index is 1.80. The summed E-state index contributed by atoms with van der Waals surface area (Å²) in [6.07, 6.45) is 2.86. The van der Waals surface area contributed by atoms with E-state index in [9.17, 15) is 14.9 Å². The van der Waals surface area contributed by atoms with Crippen molar-refractivity contribution in [2.24, 2.45) is 0 Å². The van der Waals surface area contributed by atoms with Gasteiger partial charge in [-0.05, 0) is 30.2 Å². The van der Waals surface area contributed by atoms with E-state index in [1.807, 2.05) is 19.1 Å². The van der Waals surface area contributed by atoms with Crippen molar-refractivity contribution >= 4 is 46.1 Å². The topological polar surface area (TPSA) is 98.0 Å². The van der Waals surface area contributed by atoms with Crippen LogP contribution in [0, 0.1) is 17.0 Å². The minimum Gasteiger partial charge on any atom is -0.320 e. The molecule has 0 spiro atoms. The van der Waals surface area contributed by atoms with Crippen molar-refractivity contribution in [3.8, 4) is 0 Å². The van der Waals surface area contributed by atoms with Gasteiger partial charge in [-0.25, -0.2) is 0 Å². The monoisotopic (exact) mass is 340 g/mol. The Hall–Kier alpha value is -3.13. The summed E-state index contributed by atoms with van der Waals surface area (Å²) in [5, 5.41) is 13.6. The first kappa shape index (κ1) is 15.8. The van der Waals surface area contributed by atoms with Gasteiger partial charge in [0.25, 0.3) is 5.69 Å². The Morgan fingerprint density at radius 3 is 2.92 bits per heavy atom. The number of non-ortho nitro benzene ring substituents is 1. The normalized spacial score (nSPS) is 11.0. The molecular weight excluding hydrogens is 328 g/mol. The number of carbonyl (C=O) groups is 1. The zero-order chi connectivity index (χ0) is 17.1. The molecular formula is C16H12N4O3S. The van der Waals surface area contributed by atoms with Crippen LogP contribution in [-0.2, 0) is 4.79 Å². The summed E-state index contributed by atoms with van der Waals surface area (Å²) in [4.78, 5) is 22.4. The largest absolute Gasteiger partial charge is 0.320 e. The Morgan fingerprint density at radius 1 is 1.29 bits per heavy atom. The highest BCUT2D eigenvalue weighted by Crippen LogP contribution is 2.25. The van der Waals surface area contributed by atoms with Crippen molar-refractivity contribution in [1.82, 2.24) is 8.75 Å². The molecule has 1 amide bonds. The molecule has 0 unspecified atom stereocenters. The molecule has 120 valence electrons. The molecule has 2 aromatic carbocycles. The SMILES string of the molecule is Cc1ccc2nsnc2c1NC(=O)/C=C/c1cccc([N+](=O)[O-])c1. The second kappa shape index (κ2) is 6.55. The van der Waals surface area contributed by atoms with Gasteiger partial charge in [0, 0.05) is 18.2 Å². The lowest BCUT2D eigenvalue weighted by atomic mass is 10.1. The molecule has 0 fully saturated rings. The molecule has 0 bridgehead atoms. The third-order valence-corrected chi connectivity index (χ3v) is 3.94. The van der Waals surface area contributed by atoms with Gasteiger partial charge in [-0.15, -0.1) is 0 Å². The maximum absolute atomic E-state index is 12.1. The number of amides is 1. The highest BCUT2D eigenvalue weighted by Gasteiger charge is 2.10. The number of nitro groups is 1. The van der Waals surface area contributed by atoms with Crippen molar-refractivity contribution < 1.29 is 9.72 Å². The van der Waals surface area contributed by atoms with E-state index in [2.05, 4.69) is 14.1 Å². The van der Waals surface area contributed by atoms with Gasteiger partial charge in [-0.2, -0.15) is 8.75 Å². The predicted octanol–water partition coefficient (Wildman–Crippen LogP) is 3.56. The number of hydrogen-bond acceptors (Lipinski definition) is 6. The Kier molecular flexibility index (Phi) is 4.30. The first-order chi connectivity index (χ1) is 11.5. The van der Waals surface area contributed by atoms with E-state index in [-0.39, 0.29) is 11.6 Å². The van der Waals surface area contributed by atoms with Gasteiger partial charge in [0.1, 0.15) is 11.0 Å². The summed E-state index contributed by atoms with van der Waals surface area (Å²) in [7, 11) is 0. The summed E-state index contributed by atoms with van der Waals surface area (Å²) in [6.45, 7) is 1.87. The van der Waals surface area contributed by atoms with Crippen LogP contribution in [0.25, 0.3) is 17.1 Å². The Bertz CT molecular complexity index is 965. The van der Waals surface area contributed by atoms with E-state index >= 15 is 0 Å². The van der Waals surface area contributed by atoms with Crippen LogP contribution < -0.4 is 5.32 Å². The summed E-state index contributed by atoms with van der Waals surface area (Å²) >= 11 is 1.08. The Labute approximate surface area is 141 Å². The molecule has 24 heavy (non-hydrogen) atoms. The van der Waals surface area contributed by atoms with Crippen LogP contribution in [0.5, 0.6) is 0 Å². The quantitative estimate of drug-likeness (QED) is 0.445. The van der Waals surface area contributed by atoms with Crippen LogP contribution in [-0.4, -0.2) is 19.6 Å². The number of fused-ring (bicyclic) bond motifs is 1. The van der Waals surface area contributed by atoms with E-state index in [1.165, 1.54) is 24.3 Å². The average Bonchev–Trinajstić information content (AvgIpc) is 3.05. The summed E-state index contributed by atoms with van der Waals surface area (Å²) in [5.74, 6) is -0.342. The van der Waals surface area contributed by atoms with Gasteiger partial charge in [0.2, 0.25) is 5.91 Å². The molecule has 7 nitrogen and oxygen atoms in total. The number of aryl methyl sites for hydroxylation is 1. The third kappa shape index (κ3) is 3.28. The molecule has 0 saturated carbocycles. The lowest BCUT2D eigenvalue weighted by Crippen LogP contribution is -2.09. The fraction of sp³-hybridized carbons (Fsp3) is 0.0625. The molecule has 0 aliphatic carbocycles. The molecule has 3 rings (SSSR count). The van der Waals surface area contributed by atoms with Gasteiger partial charge in [0.05, 0.1) is 22.3 Å². The average molecular weight is 340 g/mol. The molecule has 0 aliphatic rings. The van der Waals surface area contributed by atoms with Crippen LogP contribution >= 0.6 is 11.7 Å². The molecule has 0 aliphatic heterocycles. The standard InChI is InChI=1S/C16H12N4O3S/c1-10-5-7-13-16(19-24-18-13)15(10)17-14(21)8-6-11-3-2-4-12(9-11)20(22)23/h2-9H,1H3,(H,17,21)/b8-6+. The number of nitro benzene ring substituents is 1. The Morgan fingerprint density at radius 2 is 2.12 bits per heavy atom. The van der Waals surface area contributed by atoms with Crippen LogP contribution in [0.2, 0.25) is 0 Å². The number of benzene rings is 2. The summed E-state index contributed by atoms with van der Waals surface area (Å²) in [5.41, 5.74) is 3.43. The minimum absolute atomic E-state index is 0.0216. The molecule has 1 N–H and O–H groups in total. The van der Waals surface area contributed by atoms with Crippen molar-refractivity contribution in [2.75, 3.05) is 5.32 Å². The predicted molar refractivity (Wildman–Crippen MR) is 92.9 cm³/mol. The number of aromatic nitrogens is 2. The smallest absolute Gasteiger partial charge is 0.270 e. The van der Waals surface area contributed by atoms with Crippen molar-refractivity contribution in [1.29, 1.82) is 0 Å². The lowest BCUT2D eigenvalue weighted by Gasteiger charge is -2.06. The van der Waals surface area contributed by atoms with E-state index in [4.69, 9.17) is 0 Å². The molecule has 1 heterocycles. The van der Waals surface area contributed by atoms with Crippen molar-refractivity contribution in [3.05, 3.63) is 63.7 Å². The van der Waals surface area contributed by atoms with Crippen LogP contribution in [0.1, 0.15) is 11.1 Å². The number of nitrogens with one attached hydrogen (secondary N) is 1. The number of carbonyl (C=O) groups excluding carboxylic acids is 1. The van der Waals surface area contributed by atoms with Gasteiger partial charge in [-0.3, -0.25) is 14.9 Å². The number of nitrogens with zero attached hydrogens (tertiary/aromatic N) is 3. The number of anilines is 1. The maximum Gasteiger partial charge on any atom is 0.270 e. The number of rotatable bonds is 4. The first-order valence-electron chi connectivity index (χ1n) is 7.00. The highest BCUT2D eigenvalue weighted by molar-refractivity contribution is 7.00. The second-order valence-corrected chi connectivity index (χ2v) is 5.59. The van der Waals surface area contributed by atoms with E-state index in [0.717, 1.165) is 22.8 Å². The van der Waals surface area contributed by atoms with Gasteiger partial charge in [-0.1, -0.05) is 18.2 Å². The zero-order valence-corrected chi connectivity index (χ0v) is 13.4. The van der Waals surface area contributed by atoms with Gasteiger partial charge < -0.3 is 5.32 Å². The fourth-order valence-corrected chi connectivity index (χ4v) is 2.73. The number of hydrogen-bond donors (Lipinski definition) is 1. The van der Waals surface area contributed by atoms with Crippen molar-refractivity contribution in [2.45, 2.75) is 6.92 Å². The van der Waals surface area contributed by atoms with Crippen LogP contribution in [0.3, 0.4) is 0 Å². The van der Waals surface area contributed by atoms with Crippen LogP contribution in [0.15, 0.2) is 42.5 Å². The van der Waals surface area contributed by atoms with E-state index in [1.54, 1.807) is 12.1 Å². The summed E-state index contributed by atoms with van der Waals surface area (Å²) in [6, 6.07) is 9.78. The van der Waals surface area contributed by atoms with Crippen LogP contribution in [0.4, 0.5) is 11.4 Å². The first-order valence-corrected chi connectivity index (χ1v) is 7.73. The van der Waals surface area contributed by atoms with Gasteiger partial charge in [0.15, 0.2) is 0 Å². The molecule has 0 atom stereocenters. The third-order valence-electron chi connectivity index (χ3n) is 3.39. The van der Waals surface area contributed by atoms with E-state index in [0.29, 0.717) is 16.8 Å². The molecule has 8 heteroatoms. The lowest BCUT2D eigenvalue weighted by molar-refractivity contribution is -0.384. The fourth-order valence-electron chi connectivity index (χ4n) is 2.19. The maximum atomic E-state index is 12.1. The molecule has 3 aromatic rings. The van der Waals surface area contributed by atoms with E-state index < -0.39 is 4.92 Å². The zero-order valence-electron chi connectivity index (χ0n) is 12.6. The highest BCUT2D eigenvalue weighted by atomic mass is 32.1. The van der Waals surface area contributed by atoms with Crippen molar-refractivity contribution in [3.63, 3.8) is 0 Å². The second-order valence-electron chi connectivity index (χ2n) is 5.06. The minimum atomic E-state index is -0.475.